The number of furan rings is 1. The Labute approximate surface area is 96.2 Å². The highest BCUT2D eigenvalue weighted by Gasteiger charge is 2.16. The zero-order valence-electron chi connectivity index (χ0n) is 9.79. The number of hydrogen-bond acceptors (Lipinski definition) is 2. The van der Waals surface area contributed by atoms with Gasteiger partial charge in [-0.15, -0.1) is 0 Å². The summed E-state index contributed by atoms with van der Waals surface area (Å²) in [6.45, 7) is 2.68. The second kappa shape index (κ2) is 5.19. The predicted octanol–water partition coefficient (Wildman–Crippen LogP) is 2.90. The van der Waals surface area contributed by atoms with Gasteiger partial charge in [-0.1, -0.05) is 19.3 Å². The normalized spacial score (nSPS) is 17.3. The Morgan fingerprint density at radius 1 is 1.44 bits per heavy atom. The molecule has 0 aromatic carbocycles. The molecule has 16 heavy (non-hydrogen) atoms. The van der Waals surface area contributed by atoms with Crippen molar-refractivity contribution in [1.82, 2.24) is 5.32 Å². The third-order valence-corrected chi connectivity index (χ3v) is 3.34. The molecule has 1 heterocycles. The fourth-order valence-corrected chi connectivity index (χ4v) is 2.31. The van der Waals surface area contributed by atoms with E-state index in [4.69, 9.17) is 4.42 Å². The fraction of sp³-hybridized carbons (Fsp3) is 0.615. The Morgan fingerprint density at radius 2 is 2.19 bits per heavy atom. The van der Waals surface area contributed by atoms with Crippen molar-refractivity contribution in [1.29, 1.82) is 0 Å². The lowest BCUT2D eigenvalue weighted by molar-refractivity contribution is 0.0915. The Kier molecular flexibility index (Phi) is 3.65. The lowest BCUT2D eigenvalue weighted by Gasteiger charge is -2.21. The second-order valence-corrected chi connectivity index (χ2v) is 4.65. The molecule has 3 heteroatoms. The van der Waals surface area contributed by atoms with Crippen LogP contribution in [0.1, 0.15) is 48.2 Å². The largest absolute Gasteiger partial charge is 0.459 e. The molecule has 1 aromatic heterocycles. The van der Waals surface area contributed by atoms with Crippen LogP contribution in [0.15, 0.2) is 16.7 Å². The molecule has 1 aliphatic carbocycles. The lowest BCUT2D eigenvalue weighted by atomic mass is 9.89. The second-order valence-electron chi connectivity index (χ2n) is 4.65. The van der Waals surface area contributed by atoms with Crippen molar-refractivity contribution in [2.75, 3.05) is 6.54 Å². The summed E-state index contributed by atoms with van der Waals surface area (Å²) in [7, 11) is 0. The van der Waals surface area contributed by atoms with Gasteiger partial charge in [0.25, 0.3) is 5.91 Å². The molecule has 1 amide bonds. The average Bonchev–Trinajstić information content (AvgIpc) is 2.74. The number of amides is 1. The van der Waals surface area contributed by atoms with Crippen molar-refractivity contribution in [2.45, 2.75) is 39.0 Å². The van der Waals surface area contributed by atoms with Crippen molar-refractivity contribution in [3.63, 3.8) is 0 Å². The fourth-order valence-electron chi connectivity index (χ4n) is 2.31. The third-order valence-electron chi connectivity index (χ3n) is 3.34. The topological polar surface area (TPSA) is 42.2 Å². The van der Waals surface area contributed by atoms with Gasteiger partial charge in [0, 0.05) is 12.1 Å². The Hall–Kier alpha value is -1.25. The smallest absolute Gasteiger partial charge is 0.287 e. The first-order valence-corrected chi connectivity index (χ1v) is 6.09. The predicted molar refractivity (Wildman–Crippen MR) is 62.4 cm³/mol. The molecule has 0 saturated heterocycles. The summed E-state index contributed by atoms with van der Waals surface area (Å²) in [5, 5.41) is 2.96. The van der Waals surface area contributed by atoms with Gasteiger partial charge in [0.05, 0.1) is 6.26 Å². The molecule has 88 valence electrons. The van der Waals surface area contributed by atoms with E-state index in [1.54, 1.807) is 6.26 Å². The van der Waals surface area contributed by atoms with E-state index in [-0.39, 0.29) is 5.91 Å². The monoisotopic (exact) mass is 221 g/mol. The van der Waals surface area contributed by atoms with Crippen LogP contribution in [-0.2, 0) is 0 Å². The van der Waals surface area contributed by atoms with Gasteiger partial charge in [0.2, 0.25) is 0 Å². The molecule has 2 rings (SSSR count). The Bertz CT molecular complexity index is 351. The first-order chi connectivity index (χ1) is 7.77. The first-order valence-electron chi connectivity index (χ1n) is 6.09. The van der Waals surface area contributed by atoms with Crippen molar-refractivity contribution >= 4 is 5.91 Å². The number of rotatable bonds is 3. The number of nitrogens with one attached hydrogen (secondary N) is 1. The van der Waals surface area contributed by atoms with Crippen LogP contribution in [0.4, 0.5) is 0 Å². The summed E-state index contributed by atoms with van der Waals surface area (Å²) in [6, 6.07) is 1.82. The maximum Gasteiger partial charge on any atom is 0.287 e. The molecule has 0 aliphatic heterocycles. The van der Waals surface area contributed by atoms with Crippen molar-refractivity contribution in [3.8, 4) is 0 Å². The quantitative estimate of drug-likeness (QED) is 0.852. The van der Waals surface area contributed by atoms with Gasteiger partial charge in [-0.25, -0.2) is 0 Å². The van der Waals surface area contributed by atoms with Gasteiger partial charge in [0.1, 0.15) is 0 Å². The minimum atomic E-state index is -0.0759. The molecule has 0 bridgehead atoms. The first kappa shape index (κ1) is 11.2. The van der Waals surface area contributed by atoms with E-state index in [0.717, 1.165) is 12.1 Å². The third kappa shape index (κ3) is 2.65. The molecule has 1 aliphatic rings. The summed E-state index contributed by atoms with van der Waals surface area (Å²) >= 11 is 0. The molecule has 1 saturated carbocycles. The van der Waals surface area contributed by atoms with Crippen LogP contribution in [0.3, 0.4) is 0 Å². The van der Waals surface area contributed by atoms with Crippen LogP contribution in [0.25, 0.3) is 0 Å². The molecule has 3 nitrogen and oxygen atoms in total. The molecular weight excluding hydrogens is 202 g/mol. The average molecular weight is 221 g/mol. The van der Waals surface area contributed by atoms with Crippen molar-refractivity contribution in [2.24, 2.45) is 5.92 Å². The van der Waals surface area contributed by atoms with Gasteiger partial charge in [-0.2, -0.15) is 0 Å². The highest BCUT2D eigenvalue weighted by molar-refractivity contribution is 5.92. The highest BCUT2D eigenvalue weighted by atomic mass is 16.3. The van der Waals surface area contributed by atoms with E-state index < -0.39 is 0 Å². The van der Waals surface area contributed by atoms with E-state index >= 15 is 0 Å². The van der Waals surface area contributed by atoms with E-state index in [1.807, 2.05) is 13.0 Å². The van der Waals surface area contributed by atoms with Gasteiger partial charge in [-0.3, -0.25) is 4.79 Å². The Morgan fingerprint density at radius 3 is 2.81 bits per heavy atom. The van der Waals surface area contributed by atoms with E-state index in [2.05, 4.69) is 5.32 Å². The van der Waals surface area contributed by atoms with Gasteiger partial charge in [-0.05, 0) is 31.7 Å². The Balaban J connectivity index is 1.81. The van der Waals surface area contributed by atoms with Crippen LogP contribution in [0.5, 0.6) is 0 Å². The van der Waals surface area contributed by atoms with Gasteiger partial charge < -0.3 is 9.73 Å². The SMILES string of the molecule is Cc1ccoc1C(=O)NCC1CCCCC1. The summed E-state index contributed by atoms with van der Waals surface area (Å²) in [5.74, 6) is 1.04. The maximum atomic E-state index is 11.8. The van der Waals surface area contributed by atoms with Gasteiger partial charge in [0.15, 0.2) is 5.76 Å². The van der Waals surface area contributed by atoms with Crippen LogP contribution in [0.2, 0.25) is 0 Å². The van der Waals surface area contributed by atoms with E-state index in [9.17, 15) is 4.79 Å². The van der Waals surface area contributed by atoms with Crippen molar-refractivity contribution in [3.05, 3.63) is 23.7 Å². The summed E-state index contributed by atoms with van der Waals surface area (Å²) < 4.78 is 5.15. The van der Waals surface area contributed by atoms with Crippen molar-refractivity contribution < 1.29 is 9.21 Å². The number of carbonyl (C=O) groups excluding carboxylic acids is 1. The van der Waals surface area contributed by atoms with E-state index in [1.165, 1.54) is 32.1 Å². The zero-order valence-corrected chi connectivity index (χ0v) is 9.79. The molecule has 1 N–H and O–H groups in total. The summed E-state index contributed by atoms with van der Waals surface area (Å²) in [6.07, 6.45) is 8.02. The number of aryl methyl sites for hydroxylation is 1. The summed E-state index contributed by atoms with van der Waals surface area (Å²) in [5.41, 5.74) is 0.904. The minimum Gasteiger partial charge on any atom is -0.459 e. The zero-order chi connectivity index (χ0) is 11.4. The standard InChI is InChI=1S/C13H19NO2/c1-10-7-8-16-12(10)13(15)14-9-11-5-3-2-4-6-11/h7-8,11H,2-6,9H2,1H3,(H,14,15). The minimum absolute atomic E-state index is 0.0759. The lowest BCUT2D eigenvalue weighted by Crippen LogP contribution is -2.30. The highest BCUT2D eigenvalue weighted by Crippen LogP contribution is 2.22. The van der Waals surface area contributed by atoms with Crippen LogP contribution < -0.4 is 5.32 Å². The molecule has 1 aromatic rings. The van der Waals surface area contributed by atoms with Crippen LogP contribution in [0, 0.1) is 12.8 Å². The molecule has 1 fully saturated rings. The summed E-state index contributed by atoms with van der Waals surface area (Å²) in [4.78, 5) is 11.8. The molecule has 0 radical (unpaired) electrons. The number of hydrogen-bond donors (Lipinski definition) is 1. The maximum absolute atomic E-state index is 11.8. The van der Waals surface area contributed by atoms with Gasteiger partial charge >= 0.3 is 0 Å². The molecule has 0 atom stereocenters. The van der Waals surface area contributed by atoms with Crippen LogP contribution >= 0.6 is 0 Å². The number of carbonyl (C=O) groups is 1. The van der Waals surface area contributed by atoms with Crippen LogP contribution in [-0.4, -0.2) is 12.5 Å². The molecular formula is C13H19NO2. The molecule has 0 spiro atoms. The molecule has 0 unspecified atom stereocenters. The van der Waals surface area contributed by atoms with E-state index in [0.29, 0.717) is 11.7 Å².